The van der Waals surface area contributed by atoms with Crippen molar-refractivity contribution < 1.29 is 18.1 Å². The molecule has 8 heteroatoms. The number of nitrogens with zero attached hydrogens (tertiary/aromatic N) is 2. The standard InChI is InChI=1S/C11H8F3N3O2/c12-11(13,14)10(3-4-10)16-8-2-1-7(6-15)9(5-8)17(18)19/h1-2,5,16H,3-4H2. The molecule has 5 nitrogen and oxygen atoms in total. The number of nitrogens with one attached hydrogen (secondary N) is 1. The molecule has 100 valence electrons. The van der Waals surface area contributed by atoms with Crippen LogP contribution < -0.4 is 5.32 Å². The number of alkyl halides is 3. The molecule has 0 unspecified atom stereocenters. The van der Waals surface area contributed by atoms with Gasteiger partial charge in [0.25, 0.3) is 5.69 Å². The largest absolute Gasteiger partial charge is 0.411 e. The van der Waals surface area contributed by atoms with E-state index in [-0.39, 0.29) is 24.1 Å². The maximum absolute atomic E-state index is 12.7. The van der Waals surface area contributed by atoms with E-state index in [1.165, 1.54) is 6.07 Å². The van der Waals surface area contributed by atoms with Gasteiger partial charge in [-0.15, -0.1) is 0 Å². The van der Waals surface area contributed by atoms with Gasteiger partial charge >= 0.3 is 6.18 Å². The van der Waals surface area contributed by atoms with Gasteiger partial charge in [0.2, 0.25) is 0 Å². The van der Waals surface area contributed by atoms with E-state index in [4.69, 9.17) is 5.26 Å². The zero-order chi connectivity index (χ0) is 14.3. The van der Waals surface area contributed by atoms with Crippen molar-refractivity contribution in [3.05, 3.63) is 33.9 Å². The molecular weight excluding hydrogens is 263 g/mol. The molecule has 1 aliphatic rings. The number of nitriles is 1. The van der Waals surface area contributed by atoms with E-state index in [2.05, 4.69) is 5.32 Å². The Labute approximate surface area is 105 Å². The summed E-state index contributed by atoms with van der Waals surface area (Å²) in [5.41, 5.74) is -2.70. The number of nitro benzene ring substituents is 1. The van der Waals surface area contributed by atoms with E-state index >= 15 is 0 Å². The van der Waals surface area contributed by atoms with Crippen molar-refractivity contribution in [3.8, 4) is 6.07 Å². The van der Waals surface area contributed by atoms with Crippen molar-refractivity contribution >= 4 is 11.4 Å². The fourth-order valence-corrected chi connectivity index (χ4v) is 1.74. The van der Waals surface area contributed by atoms with Crippen LogP contribution in [0.25, 0.3) is 0 Å². The van der Waals surface area contributed by atoms with Crippen molar-refractivity contribution in [2.45, 2.75) is 24.6 Å². The maximum atomic E-state index is 12.7. The minimum atomic E-state index is -4.41. The number of anilines is 1. The number of nitro groups is 1. The zero-order valence-electron chi connectivity index (χ0n) is 9.49. The van der Waals surface area contributed by atoms with Crippen LogP contribution in [-0.4, -0.2) is 16.6 Å². The van der Waals surface area contributed by atoms with Crippen LogP contribution in [0.15, 0.2) is 18.2 Å². The Bertz CT molecular complexity index is 574. The minimum absolute atomic E-state index is 0.0134. The lowest BCUT2D eigenvalue weighted by molar-refractivity contribution is -0.385. The van der Waals surface area contributed by atoms with E-state index in [1.807, 2.05) is 0 Å². The summed E-state index contributed by atoms with van der Waals surface area (Å²) < 4.78 is 38.2. The van der Waals surface area contributed by atoms with Gasteiger partial charge in [-0.05, 0) is 25.0 Å². The van der Waals surface area contributed by atoms with Crippen molar-refractivity contribution in [2.75, 3.05) is 5.32 Å². The SMILES string of the molecule is N#Cc1ccc(NC2(C(F)(F)F)CC2)cc1[N+](=O)[O-]. The number of benzene rings is 1. The Kier molecular flexibility index (Phi) is 2.85. The highest BCUT2D eigenvalue weighted by atomic mass is 19.4. The molecule has 1 saturated carbocycles. The third-order valence-corrected chi connectivity index (χ3v) is 2.99. The summed E-state index contributed by atoms with van der Waals surface area (Å²) in [4.78, 5) is 9.92. The van der Waals surface area contributed by atoms with Crippen LogP contribution >= 0.6 is 0 Å². The molecule has 0 radical (unpaired) electrons. The molecule has 0 saturated heterocycles. The highest BCUT2D eigenvalue weighted by Gasteiger charge is 2.63. The summed E-state index contributed by atoms with van der Waals surface area (Å²) in [6.45, 7) is 0. The highest BCUT2D eigenvalue weighted by Crippen LogP contribution is 2.51. The first-order valence-corrected chi connectivity index (χ1v) is 5.32. The molecule has 0 bridgehead atoms. The van der Waals surface area contributed by atoms with Crippen molar-refractivity contribution in [1.29, 1.82) is 5.26 Å². The van der Waals surface area contributed by atoms with Crippen LogP contribution in [0.2, 0.25) is 0 Å². The molecule has 0 aromatic heterocycles. The Balaban J connectivity index is 2.31. The van der Waals surface area contributed by atoms with E-state index in [0.717, 1.165) is 12.1 Å². The van der Waals surface area contributed by atoms with Gasteiger partial charge in [-0.3, -0.25) is 10.1 Å². The quantitative estimate of drug-likeness (QED) is 0.677. The first kappa shape index (κ1) is 13.1. The smallest absolute Gasteiger partial charge is 0.371 e. The second kappa shape index (κ2) is 4.12. The van der Waals surface area contributed by atoms with Gasteiger partial charge in [-0.1, -0.05) is 0 Å². The molecule has 0 atom stereocenters. The van der Waals surface area contributed by atoms with Gasteiger partial charge < -0.3 is 5.32 Å². The normalized spacial score (nSPS) is 16.5. The first-order chi connectivity index (χ1) is 8.79. The Hall–Kier alpha value is -2.30. The van der Waals surface area contributed by atoms with E-state index in [9.17, 15) is 23.3 Å². The molecule has 1 N–H and O–H groups in total. The number of halogens is 3. The van der Waals surface area contributed by atoms with Crippen molar-refractivity contribution in [2.24, 2.45) is 0 Å². The number of hydrogen-bond donors (Lipinski definition) is 1. The van der Waals surface area contributed by atoms with Crippen molar-refractivity contribution in [3.63, 3.8) is 0 Å². The zero-order valence-corrected chi connectivity index (χ0v) is 9.49. The average molecular weight is 271 g/mol. The Morgan fingerprint density at radius 2 is 2.05 bits per heavy atom. The Morgan fingerprint density at radius 3 is 2.47 bits per heavy atom. The molecule has 1 aromatic rings. The molecular formula is C11H8F3N3O2. The number of rotatable bonds is 3. The summed E-state index contributed by atoms with van der Waals surface area (Å²) >= 11 is 0. The van der Waals surface area contributed by atoms with Crippen LogP contribution in [0.1, 0.15) is 18.4 Å². The van der Waals surface area contributed by atoms with E-state index in [1.54, 1.807) is 6.07 Å². The van der Waals surface area contributed by atoms with Gasteiger partial charge in [0.05, 0.1) is 4.92 Å². The minimum Gasteiger partial charge on any atom is -0.371 e. The van der Waals surface area contributed by atoms with Crippen molar-refractivity contribution in [1.82, 2.24) is 0 Å². The van der Waals surface area contributed by atoms with Gasteiger partial charge in [0.15, 0.2) is 0 Å². The fourth-order valence-electron chi connectivity index (χ4n) is 1.74. The second-order valence-electron chi connectivity index (χ2n) is 4.31. The van der Waals surface area contributed by atoms with Crippen LogP contribution in [-0.2, 0) is 0 Å². The molecule has 0 spiro atoms. The summed E-state index contributed by atoms with van der Waals surface area (Å²) in [5.74, 6) is 0. The monoisotopic (exact) mass is 271 g/mol. The Morgan fingerprint density at radius 1 is 1.42 bits per heavy atom. The second-order valence-corrected chi connectivity index (χ2v) is 4.31. The topological polar surface area (TPSA) is 79.0 Å². The lowest BCUT2D eigenvalue weighted by Gasteiger charge is -2.21. The molecule has 1 aromatic carbocycles. The predicted molar refractivity (Wildman–Crippen MR) is 59.5 cm³/mol. The van der Waals surface area contributed by atoms with Crippen LogP contribution in [0.4, 0.5) is 24.5 Å². The molecule has 0 heterocycles. The van der Waals surface area contributed by atoms with E-state index < -0.39 is 22.3 Å². The maximum Gasteiger partial charge on any atom is 0.411 e. The van der Waals surface area contributed by atoms with Crippen LogP contribution in [0, 0.1) is 21.4 Å². The number of hydrogen-bond acceptors (Lipinski definition) is 4. The molecule has 19 heavy (non-hydrogen) atoms. The lowest BCUT2D eigenvalue weighted by Crippen LogP contribution is -2.38. The highest BCUT2D eigenvalue weighted by molar-refractivity contribution is 5.60. The third-order valence-electron chi connectivity index (χ3n) is 2.99. The van der Waals surface area contributed by atoms with Gasteiger partial charge in [-0.25, -0.2) is 0 Å². The summed E-state index contributed by atoms with van der Waals surface area (Å²) in [7, 11) is 0. The summed E-state index contributed by atoms with van der Waals surface area (Å²) in [6.07, 6.45) is -4.54. The lowest BCUT2D eigenvalue weighted by atomic mass is 10.1. The third kappa shape index (κ3) is 2.31. The first-order valence-electron chi connectivity index (χ1n) is 5.32. The van der Waals surface area contributed by atoms with Gasteiger partial charge in [0, 0.05) is 11.8 Å². The molecule has 1 aliphatic carbocycles. The molecule has 2 rings (SSSR count). The molecule has 0 amide bonds. The average Bonchev–Trinajstić information content (AvgIpc) is 3.09. The van der Waals surface area contributed by atoms with E-state index in [0.29, 0.717) is 0 Å². The summed E-state index contributed by atoms with van der Waals surface area (Å²) in [5, 5.41) is 21.7. The predicted octanol–water partition coefficient (Wildman–Crippen LogP) is 2.97. The van der Waals surface area contributed by atoms with Crippen LogP contribution in [0.3, 0.4) is 0 Å². The van der Waals surface area contributed by atoms with Gasteiger partial charge in [-0.2, -0.15) is 18.4 Å². The fraction of sp³-hybridized carbons (Fsp3) is 0.364. The van der Waals surface area contributed by atoms with Gasteiger partial charge in [0.1, 0.15) is 17.2 Å². The van der Waals surface area contributed by atoms with Crippen LogP contribution in [0.5, 0.6) is 0 Å². The summed E-state index contributed by atoms with van der Waals surface area (Å²) in [6, 6.07) is 4.94. The molecule has 1 fully saturated rings. The molecule has 0 aliphatic heterocycles.